The zero-order chi connectivity index (χ0) is 12.4. The third-order valence-corrected chi connectivity index (χ3v) is 3.20. The first-order valence-electron chi connectivity index (χ1n) is 6.07. The molecule has 1 aliphatic heterocycles. The first-order chi connectivity index (χ1) is 8.81. The molecular formula is C12H14ClN5. The largest absolute Gasteiger partial charge is 0.341 e. The Labute approximate surface area is 110 Å². The van der Waals surface area contributed by atoms with E-state index in [9.17, 15) is 0 Å². The van der Waals surface area contributed by atoms with Crippen LogP contribution >= 0.6 is 11.6 Å². The summed E-state index contributed by atoms with van der Waals surface area (Å²) < 4.78 is 1.83. The van der Waals surface area contributed by atoms with Crippen LogP contribution < -0.4 is 4.90 Å². The smallest absolute Gasteiger partial charge is 0.227 e. The molecule has 0 aromatic carbocycles. The van der Waals surface area contributed by atoms with Crippen molar-refractivity contribution in [3.8, 4) is 0 Å². The van der Waals surface area contributed by atoms with Crippen LogP contribution in [-0.4, -0.2) is 32.8 Å². The van der Waals surface area contributed by atoms with Crippen LogP contribution in [0, 0.1) is 0 Å². The quantitative estimate of drug-likeness (QED) is 0.795. The fourth-order valence-electron chi connectivity index (χ4n) is 2.15. The van der Waals surface area contributed by atoms with Crippen molar-refractivity contribution in [2.45, 2.75) is 19.4 Å². The molecule has 1 saturated heterocycles. The van der Waals surface area contributed by atoms with Gasteiger partial charge in [-0.25, -0.2) is 9.97 Å². The van der Waals surface area contributed by atoms with Gasteiger partial charge in [0, 0.05) is 25.5 Å². The summed E-state index contributed by atoms with van der Waals surface area (Å²) in [5.74, 6) is 0.738. The van der Waals surface area contributed by atoms with Gasteiger partial charge in [0.25, 0.3) is 0 Å². The summed E-state index contributed by atoms with van der Waals surface area (Å²) in [5, 5.41) is 4.66. The van der Waals surface area contributed by atoms with E-state index in [0.29, 0.717) is 11.7 Å². The molecule has 0 atom stereocenters. The SMILES string of the molecule is Clc1cc(Cn2cccn2)nc(N2CCCC2)n1. The highest BCUT2D eigenvalue weighted by atomic mass is 35.5. The lowest BCUT2D eigenvalue weighted by molar-refractivity contribution is 0.669. The summed E-state index contributed by atoms with van der Waals surface area (Å²) in [6.07, 6.45) is 6.06. The molecule has 6 heteroatoms. The zero-order valence-electron chi connectivity index (χ0n) is 9.96. The normalized spacial score (nSPS) is 15.3. The maximum atomic E-state index is 6.06. The average molecular weight is 264 g/mol. The standard InChI is InChI=1S/C12H14ClN5/c13-11-8-10(9-18-7-3-4-14-18)15-12(16-11)17-5-1-2-6-17/h3-4,7-8H,1-2,5-6,9H2. The minimum Gasteiger partial charge on any atom is -0.341 e. The van der Waals surface area contributed by atoms with E-state index < -0.39 is 0 Å². The Morgan fingerprint density at radius 3 is 2.78 bits per heavy atom. The summed E-state index contributed by atoms with van der Waals surface area (Å²) in [6, 6.07) is 3.69. The van der Waals surface area contributed by atoms with Gasteiger partial charge in [-0.3, -0.25) is 4.68 Å². The summed E-state index contributed by atoms with van der Waals surface area (Å²) in [4.78, 5) is 11.0. The minimum absolute atomic E-state index is 0.494. The summed E-state index contributed by atoms with van der Waals surface area (Å²) in [5.41, 5.74) is 0.889. The van der Waals surface area contributed by atoms with Crippen molar-refractivity contribution in [1.82, 2.24) is 19.7 Å². The number of rotatable bonds is 3. The van der Waals surface area contributed by atoms with Crippen molar-refractivity contribution < 1.29 is 0 Å². The van der Waals surface area contributed by atoms with Crippen LogP contribution in [0.25, 0.3) is 0 Å². The molecule has 0 N–H and O–H groups in total. The van der Waals surface area contributed by atoms with Crippen molar-refractivity contribution in [2.24, 2.45) is 0 Å². The van der Waals surface area contributed by atoms with Crippen molar-refractivity contribution in [1.29, 1.82) is 0 Å². The molecule has 0 spiro atoms. The summed E-state index contributed by atoms with van der Waals surface area (Å²) >= 11 is 6.06. The van der Waals surface area contributed by atoms with E-state index in [1.807, 2.05) is 16.9 Å². The van der Waals surface area contributed by atoms with Crippen molar-refractivity contribution in [2.75, 3.05) is 18.0 Å². The lowest BCUT2D eigenvalue weighted by atomic mass is 10.4. The van der Waals surface area contributed by atoms with E-state index >= 15 is 0 Å². The van der Waals surface area contributed by atoms with Crippen LogP contribution in [0.2, 0.25) is 5.15 Å². The number of hydrogen-bond donors (Lipinski definition) is 0. The molecule has 3 rings (SSSR count). The minimum atomic E-state index is 0.494. The number of anilines is 1. The Morgan fingerprint density at radius 2 is 2.06 bits per heavy atom. The second kappa shape index (κ2) is 4.94. The van der Waals surface area contributed by atoms with E-state index in [2.05, 4.69) is 20.0 Å². The van der Waals surface area contributed by atoms with E-state index in [4.69, 9.17) is 11.6 Å². The van der Waals surface area contributed by atoms with E-state index in [0.717, 1.165) is 24.7 Å². The van der Waals surface area contributed by atoms with Gasteiger partial charge in [0.1, 0.15) is 5.15 Å². The second-order valence-electron chi connectivity index (χ2n) is 4.38. The van der Waals surface area contributed by atoms with E-state index in [1.54, 1.807) is 12.3 Å². The highest BCUT2D eigenvalue weighted by Crippen LogP contribution is 2.19. The fourth-order valence-corrected chi connectivity index (χ4v) is 2.35. The Kier molecular flexibility index (Phi) is 3.15. The number of halogens is 1. The monoisotopic (exact) mass is 263 g/mol. The molecule has 2 aromatic rings. The molecule has 2 aromatic heterocycles. The van der Waals surface area contributed by atoms with Gasteiger partial charge in [-0.1, -0.05) is 11.6 Å². The summed E-state index contributed by atoms with van der Waals surface area (Å²) in [7, 11) is 0. The van der Waals surface area contributed by atoms with Crippen LogP contribution in [0.3, 0.4) is 0 Å². The lowest BCUT2D eigenvalue weighted by Gasteiger charge is -2.16. The Bertz CT molecular complexity index is 519. The van der Waals surface area contributed by atoms with Gasteiger partial charge < -0.3 is 4.90 Å². The predicted octanol–water partition coefficient (Wildman–Crippen LogP) is 1.97. The van der Waals surface area contributed by atoms with Gasteiger partial charge >= 0.3 is 0 Å². The van der Waals surface area contributed by atoms with Crippen molar-refractivity contribution >= 4 is 17.5 Å². The molecule has 0 radical (unpaired) electrons. The average Bonchev–Trinajstić information content (AvgIpc) is 3.00. The van der Waals surface area contributed by atoms with Gasteiger partial charge in [0.2, 0.25) is 5.95 Å². The lowest BCUT2D eigenvalue weighted by Crippen LogP contribution is -2.21. The highest BCUT2D eigenvalue weighted by Gasteiger charge is 2.16. The molecule has 1 fully saturated rings. The molecule has 0 saturated carbocycles. The summed E-state index contributed by atoms with van der Waals surface area (Å²) in [6.45, 7) is 2.65. The van der Waals surface area contributed by atoms with E-state index in [-0.39, 0.29) is 0 Å². The van der Waals surface area contributed by atoms with Gasteiger partial charge in [0.05, 0.1) is 12.2 Å². The van der Waals surface area contributed by atoms with Crippen LogP contribution in [0.15, 0.2) is 24.5 Å². The fraction of sp³-hybridized carbons (Fsp3) is 0.417. The molecule has 1 aliphatic rings. The predicted molar refractivity (Wildman–Crippen MR) is 69.8 cm³/mol. The maximum absolute atomic E-state index is 6.06. The van der Waals surface area contributed by atoms with Gasteiger partial charge in [-0.05, 0) is 25.0 Å². The zero-order valence-corrected chi connectivity index (χ0v) is 10.7. The Hall–Kier alpha value is -1.62. The molecule has 5 nitrogen and oxygen atoms in total. The van der Waals surface area contributed by atoms with Crippen LogP contribution in [0.4, 0.5) is 5.95 Å². The van der Waals surface area contributed by atoms with Gasteiger partial charge in [-0.2, -0.15) is 5.10 Å². The second-order valence-corrected chi connectivity index (χ2v) is 4.77. The van der Waals surface area contributed by atoms with Crippen LogP contribution in [0.1, 0.15) is 18.5 Å². The third-order valence-electron chi connectivity index (χ3n) is 3.01. The highest BCUT2D eigenvalue weighted by molar-refractivity contribution is 6.29. The van der Waals surface area contributed by atoms with Gasteiger partial charge in [-0.15, -0.1) is 0 Å². The number of hydrogen-bond acceptors (Lipinski definition) is 4. The molecular weight excluding hydrogens is 250 g/mol. The van der Waals surface area contributed by atoms with Gasteiger partial charge in [0.15, 0.2) is 0 Å². The first-order valence-corrected chi connectivity index (χ1v) is 6.45. The molecule has 94 valence electrons. The molecule has 18 heavy (non-hydrogen) atoms. The maximum Gasteiger partial charge on any atom is 0.227 e. The number of aromatic nitrogens is 4. The molecule has 0 amide bonds. The molecule has 3 heterocycles. The first kappa shape index (κ1) is 11.5. The number of nitrogens with zero attached hydrogens (tertiary/aromatic N) is 5. The third kappa shape index (κ3) is 2.46. The molecule has 0 aliphatic carbocycles. The van der Waals surface area contributed by atoms with Crippen molar-refractivity contribution in [3.63, 3.8) is 0 Å². The van der Waals surface area contributed by atoms with Crippen LogP contribution in [-0.2, 0) is 6.54 Å². The Morgan fingerprint density at radius 1 is 1.22 bits per heavy atom. The van der Waals surface area contributed by atoms with E-state index in [1.165, 1.54) is 12.8 Å². The Balaban J connectivity index is 1.85. The molecule has 0 unspecified atom stereocenters. The van der Waals surface area contributed by atoms with Crippen molar-refractivity contribution in [3.05, 3.63) is 35.4 Å². The topological polar surface area (TPSA) is 46.8 Å². The molecule has 0 bridgehead atoms. The van der Waals surface area contributed by atoms with Crippen LogP contribution in [0.5, 0.6) is 0 Å².